The Bertz CT molecular complexity index is 750. The molecule has 0 atom stereocenters. The molecule has 26 heavy (non-hydrogen) atoms. The normalized spacial score (nSPS) is 11.3. The lowest BCUT2D eigenvalue weighted by Crippen LogP contribution is -2.41. The van der Waals surface area contributed by atoms with E-state index in [1.165, 1.54) is 11.3 Å². The summed E-state index contributed by atoms with van der Waals surface area (Å²) < 4.78 is 0. The minimum atomic E-state index is -0.319. The molecule has 1 heterocycles. The first-order valence-corrected chi connectivity index (χ1v) is 9.43. The molecule has 0 saturated carbocycles. The molecule has 2 N–H and O–H groups in total. The Morgan fingerprint density at radius 3 is 2.42 bits per heavy atom. The van der Waals surface area contributed by atoms with E-state index in [0.717, 1.165) is 10.7 Å². The number of nitrogens with one attached hydrogen (secondary N) is 2. The van der Waals surface area contributed by atoms with Gasteiger partial charge in [-0.2, -0.15) is 0 Å². The molecule has 0 aliphatic heterocycles. The summed E-state index contributed by atoms with van der Waals surface area (Å²) in [6, 6.07) is 9.13. The molecule has 2 rings (SSSR count). The maximum Gasteiger partial charge on any atom is 0.322 e. The van der Waals surface area contributed by atoms with Crippen molar-refractivity contribution in [2.75, 3.05) is 5.32 Å². The quantitative estimate of drug-likeness (QED) is 0.827. The average molecular weight is 375 g/mol. The summed E-state index contributed by atoms with van der Waals surface area (Å²) in [5.41, 5.74) is 0.806. The monoisotopic (exact) mass is 374 g/mol. The lowest BCUT2D eigenvalue weighted by molar-refractivity contribution is 0.0915. The highest BCUT2D eigenvalue weighted by molar-refractivity contribution is 7.09. The van der Waals surface area contributed by atoms with Crippen molar-refractivity contribution in [3.8, 4) is 0 Å². The lowest BCUT2D eigenvalue weighted by Gasteiger charge is -2.26. The maximum atomic E-state index is 12.6. The summed E-state index contributed by atoms with van der Waals surface area (Å²) >= 11 is 1.38. The summed E-state index contributed by atoms with van der Waals surface area (Å²) in [5.74, 6) is -0.204. The summed E-state index contributed by atoms with van der Waals surface area (Å²) in [4.78, 5) is 30.9. The number of amides is 3. The van der Waals surface area contributed by atoms with Crippen molar-refractivity contribution in [3.63, 3.8) is 0 Å². The van der Waals surface area contributed by atoms with Gasteiger partial charge >= 0.3 is 6.03 Å². The number of nitrogens with zero attached hydrogens (tertiary/aromatic N) is 2. The van der Waals surface area contributed by atoms with Crippen molar-refractivity contribution in [1.82, 2.24) is 15.2 Å². The molecule has 6 nitrogen and oxygen atoms in total. The van der Waals surface area contributed by atoms with Gasteiger partial charge in [-0.1, -0.05) is 18.2 Å². The van der Waals surface area contributed by atoms with Crippen LogP contribution in [0, 0.1) is 0 Å². The fourth-order valence-corrected chi connectivity index (χ4v) is 3.02. The van der Waals surface area contributed by atoms with Gasteiger partial charge in [0.1, 0.15) is 10.7 Å². The molecule has 0 bridgehead atoms. The molecule has 0 saturated heterocycles. The molecular formula is C19H26N4O2S. The Morgan fingerprint density at radius 2 is 1.85 bits per heavy atom. The minimum Gasteiger partial charge on any atom is -0.346 e. The van der Waals surface area contributed by atoms with Gasteiger partial charge in [0.05, 0.1) is 6.54 Å². The first-order valence-electron chi connectivity index (χ1n) is 8.55. The number of aromatic nitrogens is 1. The SMILES string of the molecule is CC(C)N(Cc1nc(C(=O)NC(C)(C)C)cs1)C(=O)Nc1ccccc1. The van der Waals surface area contributed by atoms with E-state index < -0.39 is 0 Å². The minimum absolute atomic E-state index is 0.00513. The average Bonchev–Trinajstić information content (AvgIpc) is 3.00. The highest BCUT2D eigenvalue weighted by atomic mass is 32.1. The van der Waals surface area contributed by atoms with Gasteiger partial charge in [0.15, 0.2) is 0 Å². The lowest BCUT2D eigenvalue weighted by atomic mass is 10.1. The van der Waals surface area contributed by atoms with E-state index in [2.05, 4.69) is 15.6 Å². The molecule has 0 radical (unpaired) electrons. The van der Waals surface area contributed by atoms with E-state index in [9.17, 15) is 9.59 Å². The van der Waals surface area contributed by atoms with E-state index in [0.29, 0.717) is 12.2 Å². The molecule has 2 aromatic rings. The van der Waals surface area contributed by atoms with Crippen molar-refractivity contribution in [2.24, 2.45) is 0 Å². The highest BCUT2D eigenvalue weighted by Gasteiger charge is 2.21. The zero-order chi connectivity index (χ0) is 19.3. The number of hydrogen-bond donors (Lipinski definition) is 2. The largest absolute Gasteiger partial charge is 0.346 e. The first-order chi connectivity index (χ1) is 12.2. The van der Waals surface area contributed by atoms with Crippen LogP contribution in [-0.4, -0.2) is 33.4 Å². The number of carbonyl (C=O) groups excluding carboxylic acids is 2. The Labute approximate surface area is 158 Å². The number of rotatable bonds is 5. The van der Waals surface area contributed by atoms with E-state index >= 15 is 0 Å². The van der Waals surface area contributed by atoms with E-state index in [4.69, 9.17) is 0 Å². The topological polar surface area (TPSA) is 74.3 Å². The number of hydrogen-bond acceptors (Lipinski definition) is 4. The van der Waals surface area contributed by atoms with Gasteiger partial charge < -0.3 is 15.5 Å². The van der Waals surface area contributed by atoms with Crippen LogP contribution in [0.1, 0.15) is 50.1 Å². The van der Waals surface area contributed by atoms with Crippen LogP contribution in [0.15, 0.2) is 35.7 Å². The van der Waals surface area contributed by atoms with Crippen LogP contribution in [0.5, 0.6) is 0 Å². The van der Waals surface area contributed by atoms with Gasteiger partial charge in [0.2, 0.25) is 0 Å². The van der Waals surface area contributed by atoms with Gasteiger partial charge in [-0.15, -0.1) is 11.3 Å². The number of urea groups is 1. The maximum absolute atomic E-state index is 12.6. The number of para-hydroxylation sites is 1. The summed E-state index contributed by atoms with van der Waals surface area (Å²) in [6.45, 7) is 10.0. The number of thiazole rings is 1. The smallest absolute Gasteiger partial charge is 0.322 e. The Balaban J connectivity index is 2.06. The number of carbonyl (C=O) groups is 2. The van der Waals surface area contributed by atoms with Crippen molar-refractivity contribution in [1.29, 1.82) is 0 Å². The third kappa shape index (κ3) is 5.84. The molecular weight excluding hydrogens is 348 g/mol. The fraction of sp³-hybridized carbons (Fsp3) is 0.421. The number of benzene rings is 1. The van der Waals surface area contributed by atoms with Gasteiger partial charge in [0.25, 0.3) is 5.91 Å². The fourth-order valence-electron chi connectivity index (χ4n) is 2.24. The molecule has 0 spiro atoms. The second-order valence-electron chi connectivity index (χ2n) is 7.35. The zero-order valence-electron chi connectivity index (χ0n) is 15.9. The van der Waals surface area contributed by atoms with Crippen molar-refractivity contribution in [2.45, 2.75) is 52.7 Å². The standard InChI is InChI=1S/C19H26N4O2S/c1-13(2)23(18(25)20-14-9-7-6-8-10-14)11-16-21-15(12-26-16)17(24)22-19(3,4)5/h6-10,12-13H,11H2,1-5H3,(H,20,25)(H,22,24). The third-order valence-electron chi connectivity index (χ3n) is 3.49. The van der Waals surface area contributed by atoms with Crippen LogP contribution in [0.25, 0.3) is 0 Å². The summed E-state index contributed by atoms with van der Waals surface area (Å²) in [5, 5.41) is 8.23. The molecule has 7 heteroatoms. The number of anilines is 1. The van der Waals surface area contributed by atoms with E-state index in [1.54, 1.807) is 10.3 Å². The predicted octanol–water partition coefficient (Wildman–Crippen LogP) is 4.11. The van der Waals surface area contributed by atoms with Crippen molar-refractivity contribution >= 4 is 29.0 Å². The van der Waals surface area contributed by atoms with Gasteiger partial charge in [-0.25, -0.2) is 9.78 Å². The molecule has 3 amide bonds. The van der Waals surface area contributed by atoms with Crippen LogP contribution in [0.2, 0.25) is 0 Å². The molecule has 0 aliphatic carbocycles. The molecule has 0 aliphatic rings. The molecule has 140 valence electrons. The van der Waals surface area contributed by atoms with Crippen LogP contribution in [0.3, 0.4) is 0 Å². The summed E-state index contributed by atoms with van der Waals surface area (Å²) in [6.07, 6.45) is 0. The van der Waals surface area contributed by atoms with Crippen LogP contribution in [0.4, 0.5) is 10.5 Å². The van der Waals surface area contributed by atoms with E-state index in [-0.39, 0.29) is 23.5 Å². The molecule has 1 aromatic carbocycles. The Kier molecular flexibility index (Phi) is 6.37. The van der Waals surface area contributed by atoms with Gasteiger partial charge in [0, 0.05) is 22.6 Å². The highest BCUT2D eigenvalue weighted by Crippen LogP contribution is 2.16. The summed E-state index contributed by atoms with van der Waals surface area (Å²) in [7, 11) is 0. The van der Waals surface area contributed by atoms with Gasteiger partial charge in [-0.3, -0.25) is 4.79 Å². The Hall–Kier alpha value is -2.41. The van der Waals surface area contributed by atoms with Crippen LogP contribution < -0.4 is 10.6 Å². The third-order valence-corrected chi connectivity index (χ3v) is 4.32. The van der Waals surface area contributed by atoms with Crippen molar-refractivity contribution in [3.05, 3.63) is 46.4 Å². The second kappa shape index (κ2) is 8.31. The first kappa shape index (κ1) is 19.9. The zero-order valence-corrected chi connectivity index (χ0v) is 16.7. The molecule has 0 fully saturated rings. The molecule has 1 aromatic heterocycles. The van der Waals surface area contributed by atoms with Gasteiger partial charge in [-0.05, 0) is 46.8 Å². The molecule has 0 unspecified atom stereocenters. The van der Waals surface area contributed by atoms with Crippen LogP contribution in [-0.2, 0) is 6.54 Å². The second-order valence-corrected chi connectivity index (χ2v) is 8.29. The van der Waals surface area contributed by atoms with E-state index in [1.807, 2.05) is 65.0 Å². The predicted molar refractivity (Wildman–Crippen MR) is 105 cm³/mol. The Morgan fingerprint density at radius 1 is 1.19 bits per heavy atom. The van der Waals surface area contributed by atoms with Crippen LogP contribution >= 0.6 is 11.3 Å². The van der Waals surface area contributed by atoms with Crippen molar-refractivity contribution < 1.29 is 9.59 Å².